The summed E-state index contributed by atoms with van der Waals surface area (Å²) in [6.45, 7) is 6.89. The lowest BCUT2D eigenvalue weighted by Gasteiger charge is -2.36. The van der Waals surface area contributed by atoms with Gasteiger partial charge in [0.15, 0.2) is 0 Å². The molecule has 2 unspecified atom stereocenters. The SMILES string of the molecule is CCOC(C)(CC)C(Cc1ccc(OC)c(Br)c1)NN. The number of hydrogen-bond donors (Lipinski definition) is 2. The maximum Gasteiger partial charge on any atom is 0.133 e. The van der Waals surface area contributed by atoms with Gasteiger partial charge in [-0.1, -0.05) is 13.0 Å². The van der Waals surface area contributed by atoms with Crippen molar-refractivity contribution in [2.24, 2.45) is 5.84 Å². The largest absolute Gasteiger partial charge is 0.496 e. The molecular weight excluding hydrogens is 320 g/mol. The minimum absolute atomic E-state index is 0.0488. The molecule has 0 aliphatic rings. The molecule has 20 heavy (non-hydrogen) atoms. The molecule has 0 radical (unpaired) electrons. The first-order chi connectivity index (χ1) is 9.50. The van der Waals surface area contributed by atoms with Gasteiger partial charge in [-0.2, -0.15) is 0 Å². The highest BCUT2D eigenvalue weighted by molar-refractivity contribution is 9.10. The van der Waals surface area contributed by atoms with Gasteiger partial charge < -0.3 is 9.47 Å². The topological polar surface area (TPSA) is 56.5 Å². The maximum atomic E-state index is 5.90. The van der Waals surface area contributed by atoms with Crippen molar-refractivity contribution in [3.05, 3.63) is 28.2 Å². The Morgan fingerprint density at radius 2 is 2.10 bits per heavy atom. The van der Waals surface area contributed by atoms with Gasteiger partial charge >= 0.3 is 0 Å². The molecule has 1 aromatic rings. The highest BCUT2D eigenvalue weighted by Crippen LogP contribution is 2.28. The summed E-state index contributed by atoms with van der Waals surface area (Å²) >= 11 is 3.51. The molecule has 0 spiro atoms. The van der Waals surface area contributed by atoms with Crippen LogP contribution in [0, 0.1) is 0 Å². The van der Waals surface area contributed by atoms with E-state index >= 15 is 0 Å². The first-order valence-electron chi connectivity index (χ1n) is 6.93. The van der Waals surface area contributed by atoms with Gasteiger partial charge in [0.2, 0.25) is 0 Å². The quantitative estimate of drug-likeness (QED) is 0.562. The highest BCUT2D eigenvalue weighted by atomic mass is 79.9. The average Bonchev–Trinajstić information content (AvgIpc) is 2.45. The van der Waals surface area contributed by atoms with E-state index in [0.29, 0.717) is 6.61 Å². The van der Waals surface area contributed by atoms with E-state index in [1.54, 1.807) is 7.11 Å². The third-order valence-electron chi connectivity index (χ3n) is 3.77. The molecule has 0 saturated carbocycles. The van der Waals surface area contributed by atoms with E-state index in [4.69, 9.17) is 15.3 Å². The molecule has 1 aromatic carbocycles. The monoisotopic (exact) mass is 344 g/mol. The minimum Gasteiger partial charge on any atom is -0.496 e. The molecule has 3 N–H and O–H groups in total. The van der Waals surface area contributed by atoms with Crippen molar-refractivity contribution in [2.75, 3.05) is 13.7 Å². The smallest absolute Gasteiger partial charge is 0.133 e. The fourth-order valence-corrected chi connectivity index (χ4v) is 2.89. The van der Waals surface area contributed by atoms with Crippen molar-refractivity contribution in [1.82, 2.24) is 5.43 Å². The van der Waals surface area contributed by atoms with Gasteiger partial charge in [0.05, 0.1) is 23.2 Å². The number of nitrogens with one attached hydrogen (secondary N) is 1. The van der Waals surface area contributed by atoms with Crippen LogP contribution in [0.25, 0.3) is 0 Å². The summed E-state index contributed by atoms with van der Waals surface area (Å²) in [6.07, 6.45) is 1.69. The summed E-state index contributed by atoms with van der Waals surface area (Å²) in [7, 11) is 1.66. The van der Waals surface area contributed by atoms with E-state index in [9.17, 15) is 0 Å². The number of benzene rings is 1. The Balaban J connectivity index is 2.90. The van der Waals surface area contributed by atoms with Crippen molar-refractivity contribution >= 4 is 15.9 Å². The Bertz CT molecular complexity index is 428. The number of ether oxygens (including phenoxy) is 2. The Hall–Kier alpha value is -0.620. The predicted molar refractivity (Wildman–Crippen MR) is 85.8 cm³/mol. The second kappa shape index (κ2) is 7.98. The van der Waals surface area contributed by atoms with E-state index in [1.807, 2.05) is 13.0 Å². The van der Waals surface area contributed by atoms with Crippen molar-refractivity contribution in [1.29, 1.82) is 0 Å². The van der Waals surface area contributed by atoms with Gasteiger partial charge in [0.1, 0.15) is 5.75 Å². The molecule has 0 heterocycles. The van der Waals surface area contributed by atoms with Crippen LogP contribution < -0.4 is 16.0 Å². The number of hydrogen-bond acceptors (Lipinski definition) is 4. The van der Waals surface area contributed by atoms with Crippen molar-refractivity contribution in [3.8, 4) is 5.75 Å². The lowest BCUT2D eigenvalue weighted by molar-refractivity contribution is -0.0550. The number of halogens is 1. The molecular formula is C15H25BrN2O2. The highest BCUT2D eigenvalue weighted by Gasteiger charge is 2.32. The third-order valence-corrected chi connectivity index (χ3v) is 4.39. The molecule has 0 bridgehead atoms. The van der Waals surface area contributed by atoms with Crippen molar-refractivity contribution in [3.63, 3.8) is 0 Å². The normalized spacial score (nSPS) is 15.7. The average molecular weight is 345 g/mol. The van der Waals surface area contributed by atoms with E-state index in [1.165, 1.54) is 5.56 Å². The third kappa shape index (κ3) is 4.19. The van der Waals surface area contributed by atoms with Crippen molar-refractivity contribution in [2.45, 2.75) is 45.3 Å². The second-order valence-electron chi connectivity index (χ2n) is 4.99. The van der Waals surface area contributed by atoms with Crippen LogP contribution in [0.2, 0.25) is 0 Å². The van der Waals surface area contributed by atoms with Gasteiger partial charge in [-0.15, -0.1) is 0 Å². The molecule has 0 amide bonds. The fourth-order valence-electron chi connectivity index (χ4n) is 2.30. The van der Waals surface area contributed by atoms with Crippen LogP contribution in [0.1, 0.15) is 32.8 Å². The van der Waals surface area contributed by atoms with Gasteiger partial charge in [-0.3, -0.25) is 11.3 Å². The van der Waals surface area contributed by atoms with Crippen LogP contribution in [-0.2, 0) is 11.2 Å². The summed E-state index contributed by atoms with van der Waals surface area (Å²) in [5, 5.41) is 0. The van der Waals surface area contributed by atoms with Crippen LogP contribution in [0.4, 0.5) is 0 Å². The summed E-state index contributed by atoms with van der Waals surface area (Å²) in [5.74, 6) is 6.57. The summed E-state index contributed by atoms with van der Waals surface area (Å²) in [4.78, 5) is 0. The van der Waals surface area contributed by atoms with E-state index in [2.05, 4.69) is 47.3 Å². The fraction of sp³-hybridized carbons (Fsp3) is 0.600. The zero-order valence-electron chi connectivity index (χ0n) is 12.7. The number of hydrazine groups is 1. The number of rotatable bonds is 8. The lowest BCUT2D eigenvalue weighted by atomic mass is 9.88. The zero-order chi connectivity index (χ0) is 15.2. The summed E-state index contributed by atoms with van der Waals surface area (Å²) < 4.78 is 12.1. The van der Waals surface area contributed by atoms with Gasteiger partial charge in [-0.05, 0) is 60.3 Å². The Morgan fingerprint density at radius 3 is 2.55 bits per heavy atom. The molecule has 2 atom stereocenters. The molecule has 0 aliphatic heterocycles. The van der Waals surface area contributed by atoms with Crippen LogP contribution in [0.5, 0.6) is 5.75 Å². The van der Waals surface area contributed by atoms with Crippen LogP contribution >= 0.6 is 15.9 Å². The molecule has 0 aliphatic carbocycles. The van der Waals surface area contributed by atoms with Gasteiger partial charge in [0, 0.05) is 6.61 Å². The van der Waals surface area contributed by atoms with Gasteiger partial charge in [-0.25, -0.2) is 0 Å². The summed E-state index contributed by atoms with van der Waals surface area (Å²) in [6, 6.07) is 6.12. The Kier molecular flexibility index (Phi) is 6.95. The van der Waals surface area contributed by atoms with Crippen LogP contribution in [0.3, 0.4) is 0 Å². The standard InChI is InChI=1S/C15H25BrN2O2/c1-5-15(3,20-6-2)14(18-17)10-11-7-8-13(19-4)12(16)9-11/h7-9,14,18H,5-6,10,17H2,1-4H3. The van der Waals surface area contributed by atoms with E-state index < -0.39 is 0 Å². The van der Waals surface area contributed by atoms with Crippen LogP contribution in [-0.4, -0.2) is 25.4 Å². The first-order valence-corrected chi connectivity index (χ1v) is 7.72. The number of methoxy groups -OCH3 is 1. The minimum atomic E-state index is -0.282. The van der Waals surface area contributed by atoms with Crippen molar-refractivity contribution < 1.29 is 9.47 Å². The molecule has 5 heteroatoms. The number of nitrogens with two attached hydrogens (primary N) is 1. The summed E-state index contributed by atoms with van der Waals surface area (Å²) in [5.41, 5.74) is 3.80. The van der Waals surface area contributed by atoms with E-state index in [-0.39, 0.29) is 11.6 Å². The zero-order valence-corrected chi connectivity index (χ0v) is 14.3. The Morgan fingerprint density at radius 1 is 1.40 bits per heavy atom. The Labute approximate surface area is 130 Å². The lowest BCUT2D eigenvalue weighted by Crippen LogP contribution is -2.54. The molecule has 114 valence electrons. The maximum absolute atomic E-state index is 5.90. The molecule has 4 nitrogen and oxygen atoms in total. The first kappa shape index (κ1) is 17.4. The van der Waals surface area contributed by atoms with Gasteiger partial charge in [0.25, 0.3) is 0 Å². The molecule has 0 fully saturated rings. The predicted octanol–water partition coefficient (Wildman–Crippen LogP) is 3.04. The molecule has 1 rings (SSSR count). The van der Waals surface area contributed by atoms with E-state index in [0.717, 1.165) is 23.1 Å². The molecule has 0 saturated heterocycles. The second-order valence-corrected chi connectivity index (χ2v) is 5.85. The van der Waals surface area contributed by atoms with Crippen LogP contribution in [0.15, 0.2) is 22.7 Å². The molecule has 0 aromatic heterocycles.